The Hall–Kier alpha value is -1.88. The minimum atomic E-state index is 0.235. The van der Waals surface area contributed by atoms with Crippen molar-refractivity contribution in [3.63, 3.8) is 0 Å². The molecule has 0 N–H and O–H groups in total. The maximum atomic E-state index is 12.9. The molecule has 0 aliphatic carbocycles. The van der Waals surface area contributed by atoms with Crippen LogP contribution in [0.1, 0.15) is 36.9 Å². The van der Waals surface area contributed by atoms with Gasteiger partial charge in [0.25, 0.3) is 0 Å². The van der Waals surface area contributed by atoms with Crippen LogP contribution >= 0.6 is 0 Å². The van der Waals surface area contributed by atoms with Crippen LogP contribution in [0, 0.1) is 6.92 Å². The van der Waals surface area contributed by atoms with Crippen LogP contribution in [0.15, 0.2) is 24.5 Å². The summed E-state index contributed by atoms with van der Waals surface area (Å²) in [6, 6.07) is 5.01. The summed E-state index contributed by atoms with van der Waals surface area (Å²) in [6.45, 7) is 4.12. The summed E-state index contributed by atoms with van der Waals surface area (Å²) in [6.07, 6.45) is 9.15. The lowest BCUT2D eigenvalue weighted by molar-refractivity contribution is -0.132. The van der Waals surface area contributed by atoms with Gasteiger partial charge in [0, 0.05) is 31.0 Å². The van der Waals surface area contributed by atoms with Gasteiger partial charge in [-0.15, -0.1) is 0 Å². The highest BCUT2D eigenvalue weighted by molar-refractivity contribution is 5.79. The average molecular weight is 326 g/mol. The third-order valence-electron chi connectivity index (χ3n) is 5.70. The predicted octanol–water partition coefficient (Wildman–Crippen LogP) is 2.27. The van der Waals surface area contributed by atoms with Crippen LogP contribution in [-0.2, 0) is 11.2 Å². The quantitative estimate of drug-likeness (QED) is 0.869. The molecule has 2 fully saturated rings. The molecule has 4 rings (SSSR count). The number of likely N-dealkylation sites (tertiary alicyclic amines) is 2. The highest BCUT2D eigenvalue weighted by atomic mass is 16.2. The minimum absolute atomic E-state index is 0.235. The van der Waals surface area contributed by atoms with Gasteiger partial charge in [0.2, 0.25) is 5.91 Å². The third-order valence-corrected chi connectivity index (χ3v) is 5.70. The molecule has 2 aromatic rings. The molecule has 128 valence electrons. The summed E-state index contributed by atoms with van der Waals surface area (Å²) < 4.78 is 2.02. The van der Waals surface area contributed by atoms with Crippen LogP contribution in [0.4, 0.5) is 0 Å². The largest absolute Gasteiger partial charge is 0.338 e. The number of hydrogen-bond acceptors (Lipinski definition) is 3. The Balaban J connectivity index is 1.51. The summed E-state index contributed by atoms with van der Waals surface area (Å²) in [5, 5.41) is 0. The van der Waals surface area contributed by atoms with E-state index in [1.54, 1.807) is 0 Å². The smallest absolute Gasteiger partial charge is 0.228 e. The molecule has 0 radical (unpaired) electrons. The van der Waals surface area contributed by atoms with E-state index in [1.807, 2.05) is 22.9 Å². The van der Waals surface area contributed by atoms with Gasteiger partial charge in [-0.2, -0.15) is 0 Å². The second-order valence-corrected chi connectivity index (χ2v) is 7.32. The first-order valence-corrected chi connectivity index (χ1v) is 9.06. The van der Waals surface area contributed by atoms with Gasteiger partial charge in [0.1, 0.15) is 5.65 Å². The molecule has 0 bridgehead atoms. The van der Waals surface area contributed by atoms with Crippen molar-refractivity contribution in [1.29, 1.82) is 0 Å². The number of pyridine rings is 1. The molecule has 2 aromatic heterocycles. The van der Waals surface area contributed by atoms with Crippen LogP contribution in [0.3, 0.4) is 0 Å². The molecule has 1 amide bonds. The second kappa shape index (κ2) is 6.20. The van der Waals surface area contributed by atoms with Gasteiger partial charge in [0.05, 0.1) is 12.1 Å². The van der Waals surface area contributed by atoms with Gasteiger partial charge in [-0.1, -0.05) is 6.07 Å². The van der Waals surface area contributed by atoms with Crippen molar-refractivity contribution in [2.75, 3.05) is 20.1 Å². The van der Waals surface area contributed by atoms with E-state index in [4.69, 9.17) is 0 Å². The second-order valence-electron chi connectivity index (χ2n) is 7.32. The number of aromatic nitrogens is 2. The maximum absolute atomic E-state index is 12.9. The lowest BCUT2D eigenvalue weighted by Gasteiger charge is -2.33. The van der Waals surface area contributed by atoms with E-state index in [-0.39, 0.29) is 5.91 Å². The maximum Gasteiger partial charge on any atom is 0.228 e. The van der Waals surface area contributed by atoms with Crippen molar-refractivity contribution in [1.82, 2.24) is 19.2 Å². The van der Waals surface area contributed by atoms with Crippen LogP contribution in [0.2, 0.25) is 0 Å². The number of aryl methyl sites for hydroxylation is 1. The number of hydrogen-bond donors (Lipinski definition) is 0. The fourth-order valence-electron chi connectivity index (χ4n) is 4.47. The zero-order valence-electron chi connectivity index (χ0n) is 14.6. The van der Waals surface area contributed by atoms with Gasteiger partial charge in [-0.25, -0.2) is 4.98 Å². The standard InChI is InChI=1S/C19H26N4O/c1-14-6-3-10-22-13-15(20-19(14)22)12-18(24)23-11-5-8-17(23)16-7-4-9-21(16)2/h3,6,10,13,16-17H,4-5,7-9,11-12H2,1-2H3/t16-,17+/m1/s1. The fourth-order valence-corrected chi connectivity index (χ4v) is 4.47. The van der Waals surface area contributed by atoms with Crippen molar-refractivity contribution in [2.24, 2.45) is 0 Å². The SMILES string of the molecule is Cc1cccn2cc(CC(=O)N3CCC[C@H]3[C@H]3CCCN3C)nc12. The molecule has 0 unspecified atom stereocenters. The molecule has 0 aromatic carbocycles. The lowest BCUT2D eigenvalue weighted by Crippen LogP contribution is -2.47. The monoisotopic (exact) mass is 326 g/mol. The van der Waals surface area contributed by atoms with Crippen molar-refractivity contribution < 1.29 is 4.79 Å². The summed E-state index contributed by atoms with van der Waals surface area (Å²) in [7, 11) is 2.20. The molecule has 2 aliphatic rings. The molecule has 4 heterocycles. The Morgan fingerprint density at radius 2 is 2.04 bits per heavy atom. The highest BCUT2D eigenvalue weighted by Crippen LogP contribution is 2.29. The first-order valence-electron chi connectivity index (χ1n) is 9.06. The van der Waals surface area contributed by atoms with Gasteiger partial charge < -0.3 is 14.2 Å². The zero-order valence-corrected chi connectivity index (χ0v) is 14.6. The molecule has 0 saturated carbocycles. The number of nitrogens with zero attached hydrogens (tertiary/aromatic N) is 4. The summed E-state index contributed by atoms with van der Waals surface area (Å²) in [5.74, 6) is 0.235. The molecule has 2 aliphatic heterocycles. The molecule has 0 spiro atoms. The Bertz CT molecular complexity index is 753. The van der Waals surface area contributed by atoms with Crippen molar-refractivity contribution in [3.8, 4) is 0 Å². The van der Waals surface area contributed by atoms with E-state index < -0.39 is 0 Å². The number of likely N-dealkylation sites (N-methyl/N-ethyl adjacent to an activating group) is 1. The van der Waals surface area contributed by atoms with Crippen LogP contribution < -0.4 is 0 Å². The number of fused-ring (bicyclic) bond motifs is 1. The molecule has 5 heteroatoms. The Morgan fingerprint density at radius 3 is 2.79 bits per heavy atom. The van der Waals surface area contributed by atoms with E-state index in [1.165, 1.54) is 12.8 Å². The lowest BCUT2D eigenvalue weighted by atomic mass is 10.0. The Kier molecular flexibility index (Phi) is 4.04. The Labute approximate surface area is 143 Å². The fraction of sp³-hybridized carbons (Fsp3) is 0.579. The summed E-state index contributed by atoms with van der Waals surface area (Å²) in [4.78, 5) is 22.1. The first kappa shape index (κ1) is 15.6. The average Bonchev–Trinajstić information content (AvgIpc) is 3.25. The number of imidazole rings is 1. The molecule has 2 atom stereocenters. The number of carbonyl (C=O) groups excluding carboxylic acids is 1. The van der Waals surface area contributed by atoms with Crippen LogP contribution in [-0.4, -0.2) is 57.3 Å². The molecule has 24 heavy (non-hydrogen) atoms. The van der Waals surface area contributed by atoms with Gasteiger partial charge in [-0.3, -0.25) is 4.79 Å². The van der Waals surface area contributed by atoms with E-state index in [0.717, 1.165) is 42.8 Å². The summed E-state index contributed by atoms with van der Waals surface area (Å²) >= 11 is 0. The number of amides is 1. The summed E-state index contributed by atoms with van der Waals surface area (Å²) in [5.41, 5.74) is 2.97. The number of rotatable bonds is 3. The highest BCUT2D eigenvalue weighted by Gasteiger charge is 2.38. The van der Waals surface area contributed by atoms with Crippen LogP contribution in [0.5, 0.6) is 0 Å². The van der Waals surface area contributed by atoms with E-state index in [2.05, 4.69) is 34.8 Å². The predicted molar refractivity (Wildman–Crippen MR) is 94.0 cm³/mol. The molecule has 5 nitrogen and oxygen atoms in total. The van der Waals surface area contributed by atoms with Gasteiger partial charge in [-0.05, 0) is 57.8 Å². The molecule has 2 saturated heterocycles. The van der Waals surface area contributed by atoms with E-state index in [0.29, 0.717) is 18.5 Å². The normalized spacial score (nSPS) is 25.0. The van der Waals surface area contributed by atoms with Crippen molar-refractivity contribution >= 4 is 11.6 Å². The molecular weight excluding hydrogens is 300 g/mol. The van der Waals surface area contributed by atoms with E-state index >= 15 is 0 Å². The Morgan fingerprint density at radius 1 is 1.25 bits per heavy atom. The van der Waals surface area contributed by atoms with Crippen molar-refractivity contribution in [2.45, 2.75) is 51.1 Å². The topological polar surface area (TPSA) is 40.9 Å². The number of carbonyl (C=O) groups is 1. The van der Waals surface area contributed by atoms with Gasteiger partial charge >= 0.3 is 0 Å². The van der Waals surface area contributed by atoms with E-state index in [9.17, 15) is 4.79 Å². The minimum Gasteiger partial charge on any atom is -0.338 e. The van der Waals surface area contributed by atoms with Crippen molar-refractivity contribution in [3.05, 3.63) is 35.8 Å². The third kappa shape index (κ3) is 2.71. The first-order chi connectivity index (χ1) is 11.6. The van der Waals surface area contributed by atoms with Gasteiger partial charge in [0.15, 0.2) is 0 Å². The zero-order chi connectivity index (χ0) is 16.7. The molecular formula is C19H26N4O. The van der Waals surface area contributed by atoms with Crippen LogP contribution in [0.25, 0.3) is 5.65 Å².